The van der Waals surface area contributed by atoms with Gasteiger partial charge in [0.1, 0.15) is 0 Å². The van der Waals surface area contributed by atoms with E-state index in [-0.39, 0.29) is 12.5 Å². The van der Waals surface area contributed by atoms with Crippen molar-refractivity contribution in [2.45, 2.75) is 19.3 Å². The monoisotopic (exact) mass is 209 g/mol. The molecule has 2 bridgehead atoms. The predicted octanol–water partition coefficient (Wildman–Crippen LogP) is 0.729. The van der Waals surface area contributed by atoms with Crippen LogP contribution < -0.4 is 0 Å². The summed E-state index contributed by atoms with van der Waals surface area (Å²) in [7, 11) is 1.81. The Balaban J connectivity index is 1.64. The quantitative estimate of drug-likeness (QED) is 0.744. The van der Waals surface area contributed by atoms with E-state index in [0.29, 0.717) is 12.5 Å². The second kappa shape index (κ2) is 3.21. The van der Waals surface area contributed by atoms with Gasteiger partial charge < -0.3 is 10.0 Å². The Hall–Kier alpha value is -0.570. The molecule has 0 aromatic carbocycles. The molecule has 0 radical (unpaired) electrons. The average molecular weight is 209 g/mol. The molecule has 0 spiro atoms. The maximum atomic E-state index is 12.0. The topological polar surface area (TPSA) is 40.5 Å². The summed E-state index contributed by atoms with van der Waals surface area (Å²) in [4.78, 5) is 13.8. The van der Waals surface area contributed by atoms with Gasteiger partial charge in [-0.15, -0.1) is 0 Å². The van der Waals surface area contributed by atoms with Gasteiger partial charge in [-0.25, -0.2) is 0 Å². The van der Waals surface area contributed by atoms with Gasteiger partial charge in [-0.3, -0.25) is 4.79 Å². The van der Waals surface area contributed by atoms with Crippen LogP contribution in [0.5, 0.6) is 0 Å². The minimum absolute atomic E-state index is 0.0805. The zero-order valence-corrected chi connectivity index (χ0v) is 9.22. The number of nitrogens with zero attached hydrogens (tertiary/aromatic N) is 1. The van der Waals surface area contributed by atoms with Crippen LogP contribution in [0, 0.1) is 29.6 Å². The molecule has 3 rings (SSSR count). The maximum absolute atomic E-state index is 12.0. The lowest BCUT2D eigenvalue weighted by atomic mass is 10.0. The van der Waals surface area contributed by atoms with E-state index in [1.54, 1.807) is 4.90 Å². The molecule has 0 aromatic heterocycles. The zero-order chi connectivity index (χ0) is 10.6. The SMILES string of the molecule is CN(CCO)C(=O)C1C2C3CCC(C3)C12. The van der Waals surface area contributed by atoms with Gasteiger partial charge in [-0.05, 0) is 42.9 Å². The van der Waals surface area contributed by atoms with Gasteiger partial charge in [0, 0.05) is 19.5 Å². The van der Waals surface area contributed by atoms with Crippen molar-refractivity contribution in [3.63, 3.8) is 0 Å². The molecule has 0 saturated heterocycles. The fourth-order valence-electron chi connectivity index (χ4n) is 4.17. The Morgan fingerprint density at radius 1 is 1.33 bits per heavy atom. The second-order valence-corrected chi connectivity index (χ2v) is 5.50. The molecule has 3 fully saturated rings. The predicted molar refractivity (Wildman–Crippen MR) is 56.0 cm³/mol. The number of amides is 1. The lowest BCUT2D eigenvalue weighted by molar-refractivity contribution is -0.132. The summed E-state index contributed by atoms with van der Waals surface area (Å²) < 4.78 is 0. The fraction of sp³-hybridized carbons (Fsp3) is 0.917. The highest BCUT2D eigenvalue weighted by Gasteiger charge is 2.67. The highest BCUT2D eigenvalue weighted by Crippen LogP contribution is 2.69. The van der Waals surface area contributed by atoms with E-state index in [9.17, 15) is 4.79 Å². The van der Waals surface area contributed by atoms with Crippen LogP contribution in [-0.4, -0.2) is 36.1 Å². The molecule has 4 unspecified atom stereocenters. The normalized spacial score (nSPS) is 45.3. The van der Waals surface area contributed by atoms with Crippen molar-refractivity contribution in [1.82, 2.24) is 4.90 Å². The Morgan fingerprint density at radius 3 is 2.47 bits per heavy atom. The van der Waals surface area contributed by atoms with Crippen molar-refractivity contribution in [3.8, 4) is 0 Å². The molecule has 4 atom stereocenters. The Morgan fingerprint density at radius 2 is 1.93 bits per heavy atom. The van der Waals surface area contributed by atoms with E-state index < -0.39 is 0 Å². The van der Waals surface area contributed by atoms with Gasteiger partial charge in [0.15, 0.2) is 0 Å². The number of carbonyl (C=O) groups is 1. The molecule has 84 valence electrons. The summed E-state index contributed by atoms with van der Waals surface area (Å²) in [5.74, 6) is 3.77. The van der Waals surface area contributed by atoms with E-state index in [0.717, 1.165) is 23.7 Å². The number of hydrogen-bond acceptors (Lipinski definition) is 2. The summed E-state index contributed by atoms with van der Waals surface area (Å²) in [6, 6.07) is 0. The first-order valence-electron chi connectivity index (χ1n) is 6.10. The van der Waals surface area contributed by atoms with Crippen LogP contribution in [0.4, 0.5) is 0 Å². The molecular formula is C12H19NO2. The van der Waals surface area contributed by atoms with Crippen molar-refractivity contribution < 1.29 is 9.90 Å². The molecule has 3 heteroatoms. The third-order valence-electron chi connectivity index (χ3n) is 4.83. The molecule has 3 aliphatic rings. The number of likely N-dealkylation sites (N-methyl/N-ethyl adjacent to an activating group) is 1. The molecular weight excluding hydrogens is 190 g/mol. The van der Waals surface area contributed by atoms with Crippen molar-refractivity contribution >= 4 is 5.91 Å². The molecule has 3 aliphatic carbocycles. The lowest BCUT2D eigenvalue weighted by Crippen LogP contribution is -2.32. The fourth-order valence-corrected chi connectivity index (χ4v) is 4.17. The summed E-state index contributed by atoms with van der Waals surface area (Å²) in [6.07, 6.45) is 4.11. The third-order valence-corrected chi connectivity index (χ3v) is 4.83. The zero-order valence-electron chi connectivity index (χ0n) is 9.22. The lowest BCUT2D eigenvalue weighted by Gasteiger charge is -2.17. The molecule has 1 N–H and O–H groups in total. The van der Waals surface area contributed by atoms with E-state index in [1.165, 1.54) is 19.3 Å². The Labute approximate surface area is 90.5 Å². The number of rotatable bonds is 3. The highest BCUT2D eigenvalue weighted by molar-refractivity contribution is 5.82. The highest BCUT2D eigenvalue weighted by atomic mass is 16.3. The van der Waals surface area contributed by atoms with Crippen molar-refractivity contribution in [2.24, 2.45) is 29.6 Å². The summed E-state index contributed by atoms with van der Waals surface area (Å²) in [5, 5.41) is 8.81. The van der Waals surface area contributed by atoms with Gasteiger partial charge >= 0.3 is 0 Å². The minimum Gasteiger partial charge on any atom is -0.395 e. The van der Waals surface area contributed by atoms with Crippen LogP contribution in [0.2, 0.25) is 0 Å². The maximum Gasteiger partial charge on any atom is 0.226 e. The van der Waals surface area contributed by atoms with Crippen molar-refractivity contribution in [1.29, 1.82) is 0 Å². The third kappa shape index (κ3) is 1.25. The van der Waals surface area contributed by atoms with Gasteiger partial charge in [0.25, 0.3) is 0 Å². The summed E-state index contributed by atoms with van der Waals surface area (Å²) >= 11 is 0. The van der Waals surface area contributed by atoms with E-state index in [1.807, 2.05) is 7.05 Å². The number of aliphatic hydroxyl groups excluding tert-OH is 1. The van der Waals surface area contributed by atoms with Gasteiger partial charge in [0.05, 0.1) is 6.61 Å². The van der Waals surface area contributed by atoms with E-state index >= 15 is 0 Å². The summed E-state index contributed by atoms with van der Waals surface area (Å²) in [5.41, 5.74) is 0. The average Bonchev–Trinajstić information content (AvgIpc) is 2.65. The largest absolute Gasteiger partial charge is 0.395 e. The first-order valence-corrected chi connectivity index (χ1v) is 6.10. The first-order chi connectivity index (χ1) is 7.24. The molecule has 3 nitrogen and oxygen atoms in total. The molecule has 3 saturated carbocycles. The molecule has 15 heavy (non-hydrogen) atoms. The Kier molecular flexibility index (Phi) is 2.06. The number of fused-ring (bicyclic) bond motifs is 5. The number of carbonyl (C=O) groups excluding carboxylic acids is 1. The van der Waals surface area contributed by atoms with Crippen LogP contribution >= 0.6 is 0 Å². The number of aliphatic hydroxyl groups is 1. The van der Waals surface area contributed by atoms with Gasteiger partial charge in [-0.2, -0.15) is 0 Å². The summed E-state index contributed by atoms with van der Waals surface area (Å²) in [6.45, 7) is 0.571. The van der Waals surface area contributed by atoms with Crippen LogP contribution in [-0.2, 0) is 4.79 Å². The molecule has 0 aromatic rings. The van der Waals surface area contributed by atoms with Gasteiger partial charge in [0.2, 0.25) is 5.91 Å². The first kappa shape index (κ1) is 9.64. The van der Waals surface area contributed by atoms with E-state index in [4.69, 9.17) is 5.11 Å². The standard InChI is InChI=1S/C12H19NO2/c1-13(4-5-14)12(15)11-9-7-2-3-8(6-7)10(9)11/h7-11,14H,2-6H2,1H3. The molecule has 0 aliphatic heterocycles. The van der Waals surface area contributed by atoms with Crippen LogP contribution in [0.25, 0.3) is 0 Å². The molecule has 0 heterocycles. The number of hydrogen-bond donors (Lipinski definition) is 1. The van der Waals surface area contributed by atoms with Crippen LogP contribution in [0.15, 0.2) is 0 Å². The van der Waals surface area contributed by atoms with Crippen molar-refractivity contribution in [2.75, 3.05) is 20.2 Å². The molecule has 1 amide bonds. The minimum atomic E-state index is 0.0805. The van der Waals surface area contributed by atoms with Crippen LogP contribution in [0.1, 0.15) is 19.3 Å². The Bertz CT molecular complexity index is 275. The second-order valence-electron chi connectivity index (χ2n) is 5.50. The van der Waals surface area contributed by atoms with Crippen molar-refractivity contribution in [3.05, 3.63) is 0 Å². The van der Waals surface area contributed by atoms with E-state index in [2.05, 4.69) is 0 Å². The smallest absolute Gasteiger partial charge is 0.226 e. The van der Waals surface area contributed by atoms with Crippen LogP contribution in [0.3, 0.4) is 0 Å². The van der Waals surface area contributed by atoms with Gasteiger partial charge in [-0.1, -0.05) is 0 Å².